The van der Waals surface area contributed by atoms with E-state index < -0.39 is 0 Å². The van der Waals surface area contributed by atoms with Gasteiger partial charge in [-0.25, -0.2) is 0 Å². The highest BCUT2D eigenvalue weighted by Gasteiger charge is 2.13. The summed E-state index contributed by atoms with van der Waals surface area (Å²) >= 11 is 0. The molecule has 0 saturated carbocycles. The van der Waals surface area contributed by atoms with E-state index in [1.165, 1.54) is 22.3 Å². The first-order valence-electron chi connectivity index (χ1n) is 6.30. The predicted octanol–water partition coefficient (Wildman–Crippen LogP) is 4.18. The fourth-order valence-electron chi connectivity index (χ4n) is 2.55. The van der Waals surface area contributed by atoms with Crippen molar-refractivity contribution in [2.75, 3.05) is 7.11 Å². The maximum absolute atomic E-state index is 5.45. The van der Waals surface area contributed by atoms with Gasteiger partial charge in [0.1, 0.15) is 5.75 Å². The van der Waals surface area contributed by atoms with E-state index >= 15 is 0 Å². The first-order chi connectivity index (χ1) is 8.88. The van der Waals surface area contributed by atoms with Crippen molar-refractivity contribution in [2.45, 2.75) is 12.8 Å². The van der Waals surface area contributed by atoms with E-state index in [-0.39, 0.29) is 0 Å². The molecule has 0 aromatic heterocycles. The highest BCUT2D eigenvalue weighted by molar-refractivity contribution is 5.86. The van der Waals surface area contributed by atoms with Crippen LogP contribution in [0, 0.1) is 0 Å². The van der Waals surface area contributed by atoms with Crippen LogP contribution < -0.4 is 4.74 Å². The molecule has 0 saturated heterocycles. The van der Waals surface area contributed by atoms with Gasteiger partial charge in [0.2, 0.25) is 0 Å². The van der Waals surface area contributed by atoms with E-state index in [9.17, 15) is 0 Å². The second-order valence-electron chi connectivity index (χ2n) is 4.57. The molecule has 0 amide bonds. The van der Waals surface area contributed by atoms with Crippen LogP contribution in [0.25, 0.3) is 11.6 Å². The molecule has 0 spiro atoms. The summed E-state index contributed by atoms with van der Waals surface area (Å²) in [6.45, 7) is 0. The minimum Gasteiger partial charge on any atom is -0.496 e. The molecule has 1 heteroatoms. The smallest absolute Gasteiger partial charge is 0.126 e. The zero-order valence-corrected chi connectivity index (χ0v) is 10.5. The summed E-state index contributed by atoms with van der Waals surface area (Å²) in [5.74, 6) is 0.961. The monoisotopic (exact) mass is 236 g/mol. The van der Waals surface area contributed by atoms with Gasteiger partial charge in [-0.15, -0.1) is 0 Å². The van der Waals surface area contributed by atoms with Gasteiger partial charge < -0.3 is 4.74 Å². The number of hydrogen-bond acceptors (Lipinski definition) is 1. The molecule has 1 aliphatic rings. The third kappa shape index (κ3) is 1.92. The van der Waals surface area contributed by atoms with E-state index in [2.05, 4.69) is 42.5 Å². The number of benzene rings is 2. The molecule has 0 heterocycles. The van der Waals surface area contributed by atoms with Gasteiger partial charge in [-0.05, 0) is 35.6 Å². The van der Waals surface area contributed by atoms with Crippen molar-refractivity contribution in [2.24, 2.45) is 0 Å². The van der Waals surface area contributed by atoms with Crippen molar-refractivity contribution < 1.29 is 4.74 Å². The molecular weight excluding hydrogens is 220 g/mol. The third-order valence-corrected chi connectivity index (χ3v) is 3.50. The Labute approximate surface area is 108 Å². The first-order valence-corrected chi connectivity index (χ1v) is 6.30. The molecule has 18 heavy (non-hydrogen) atoms. The number of ether oxygens (including phenoxy) is 1. The largest absolute Gasteiger partial charge is 0.496 e. The van der Waals surface area contributed by atoms with E-state index in [0.717, 1.165) is 18.6 Å². The second-order valence-corrected chi connectivity index (χ2v) is 4.57. The Morgan fingerprint density at radius 3 is 2.56 bits per heavy atom. The molecule has 1 aliphatic carbocycles. The van der Waals surface area contributed by atoms with Crippen LogP contribution >= 0.6 is 0 Å². The fourth-order valence-corrected chi connectivity index (χ4v) is 2.55. The Hall–Kier alpha value is -2.02. The number of hydrogen-bond donors (Lipinski definition) is 0. The molecule has 2 aromatic rings. The van der Waals surface area contributed by atoms with Crippen molar-refractivity contribution in [3.05, 3.63) is 65.2 Å². The Kier molecular flexibility index (Phi) is 2.89. The molecule has 2 aromatic carbocycles. The third-order valence-electron chi connectivity index (χ3n) is 3.50. The Bertz CT molecular complexity index is 596. The van der Waals surface area contributed by atoms with Gasteiger partial charge >= 0.3 is 0 Å². The van der Waals surface area contributed by atoms with Crippen molar-refractivity contribution in [1.82, 2.24) is 0 Å². The fraction of sp³-hybridized carbons (Fsp3) is 0.176. The minimum atomic E-state index is 0.961. The van der Waals surface area contributed by atoms with Gasteiger partial charge in [-0.3, -0.25) is 0 Å². The summed E-state index contributed by atoms with van der Waals surface area (Å²) in [6, 6.07) is 16.9. The van der Waals surface area contributed by atoms with E-state index in [1.54, 1.807) is 7.11 Å². The lowest BCUT2D eigenvalue weighted by Gasteiger charge is -2.18. The maximum Gasteiger partial charge on any atom is 0.126 e. The number of rotatable bonds is 2. The van der Waals surface area contributed by atoms with Crippen LogP contribution in [0.1, 0.15) is 23.1 Å². The summed E-state index contributed by atoms with van der Waals surface area (Å²) < 4.78 is 5.45. The van der Waals surface area contributed by atoms with Gasteiger partial charge in [-0.1, -0.05) is 48.5 Å². The van der Waals surface area contributed by atoms with Gasteiger partial charge in [-0.2, -0.15) is 0 Å². The molecule has 0 atom stereocenters. The van der Waals surface area contributed by atoms with E-state index in [0.29, 0.717) is 0 Å². The Morgan fingerprint density at radius 2 is 1.67 bits per heavy atom. The average Bonchev–Trinajstić information content (AvgIpc) is 2.46. The van der Waals surface area contributed by atoms with E-state index in [4.69, 9.17) is 4.74 Å². The lowest BCUT2D eigenvalue weighted by atomic mass is 9.88. The number of fused-ring (bicyclic) bond motifs is 1. The van der Waals surface area contributed by atoms with Gasteiger partial charge in [0.05, 0.1) is 7.11 Å². The molecule has 3 rings (SSSR count). The molecule has 0 N–H and O–H groups in total. The molecule has 1 nitrogen and oxygen atoms in total. The second kappa shape index (κ2) is 4.69. The normalized spacial score (nSPS) is 13.7. The summed E-state index contributed by atoms with van der Waals surface area (Å²) in [7, 11) is 1.73. The van der Waals surface area contributed by atoms with Crippen LogP contribution in [-0.2, 0) is 6.42 Å². The van der Waals surface area contributed by atoms with Crippen molar-refractivity contribution in [1.29, 1.82) is 0 Å². The SMILES string of the molecule is COc1ccccc1C1=Cc2ccccc2CC1. The number of methoxy groups -OCH3 is 1. The van der Waals surface area contributed by atoms with Crippen LogP contribution in [0.4, 0.5) is 0 Å². The first kappa shape index (κ1) is 11.1. The molecule has 0 aliphatic heterocycles. The van der Waals surface area contributed by atoms with Gasteiger partial charge in [0, 0.05) is 5.56 Å². The highest BCUT2D eigenvalue weighted by Crippen LogP contribution is 2.34. The van der Waals surface area contributed by atoms with Crippen LogP contribution in [0.3, 0.4) is 0 Å². The van der Waals surface area contributed by atoms with Crippen molar-refractivity contribution in [3.8, 4) is 5.75 Å². The van der Waals surface area contributed by atoms with Crippen molar-refractivity contribution in [3.63, 3.8) is 0 Å². The maximum atomic E-state index is 5.45. The number of aryl methyl sites for hydroxylation is 1. The topological polar surface area (TPSA) is 9.23 Å². The minimum absolute atomic E-state index is 0.961. The van der Waals surface area contributed by atoms with Gasteiger partial charge in [0.15, 0.2) is 0 Å². The molecule has 0 fully saturated rings. The van der Waals surface area contributed by atoms with Crippen LogP contribution in [-0.4, -0.2) is 7.11 Å². The van der Waals surface area contributed by atoms with E-state index in [1.807, 2.05) is 12.1 Å². The van der Waals surface area contributed by atoms with Crippen LogP contribution in [0.2, 0.25) is 0 Å². The zero-order valence-electron chi connectivity index (χ0n) is 10.5. The molecular formula is C17H16O. The van der Waals surface area contributed by atoms with Crippen LogP contribution in [0.5, 0.6) is 5.75 Å². The molecule has 0 bridgehead atoms. The number of allylic oxidation sites excluding steroid dienone is 1. The highest BCUT2D eigenvalue weighted by atomic mass is 16.5. The molecule has 0 radical (unpaired) electrons. The Balaban J connectivity index is 2.07. The zero-order chi connectivity index (χ0) is 12.4. The molecule has 90 valence electrons. The predicted molar refractivity (Wildman–Crippen MR) is 75.6 cm³/mol. The standard InChI is InChI=1S/C17H16O/c1-18-17-9-5-4-8-16(17)15-11-10-13-6-2-3-7-14(13)12-15/h2-9,12H,10-11H2,1H3. The summed E-state index contributed by atoms with van der Waals surface area (Å²) in [4.78, 5) is 0. The van der Waals surface area contributed by atoms with Crippen molar-refractivity contribution >= 4 is 11.6 Å². The van der Waals surface area contributed by atoms with Gasteiger partial charge in [0.25, 0.3) is 0 Å². The summed E-state index contributed by atoms with van der Waals surface area (Å²) in [6.07, 6.45) is 4.48. The lowest BCUT2D eigenvalue weighted by molar-refractivity contribution is 0.413. The molecule has 0 unspecified atom stereocenters. The summed E-state index contributed by atoms with van der Waals surface area (Å²) in [5, 5.41) is 0. The quantitative estimate of drug-likeness (QED) is 0.760. The number of para-hydroxylation sites is 1. The lowest BCUT2D eigenvalue weighted by Crippen LogP contribution is -2.00. The summed E-state index contributed by atoms with van der Waals surface area (Å²) in [5.41, 5.74) is 5.36. The average molecular weight is 236 g/mol. The van der Waals surface area contributed by atoms with Crippen LogP contribution in [0.15, 0.2) is 48.5 Å². The Morgan fingerprint density at radius 1 is 0.889 bits per heavy atom.